The van der Waals surface area contributed by atoms with Crippen molar-refractivity contribution in [3.8, 4) is 11.5 Å². The van der Waals surface area contributed by atoms with Crippen LogP contribution in [0.25, 0.3) is 11.0 Å². The van der Waals surface area contributed by atoms with Crippen molar-refractivity contribution in [1.82, 2.24) is 14.5 Å². The molecular weight excluding hydrogens is 664 g/mol. The van der Waals surface area contributed by atoms with Gasteiger partial charge in [0.25, 0.3) is 0 Å². The second-order valence-electron chi connectivity index (χ2n) is 11.7. The molecule has 1 aliphatic heterocycles. The van der Waals surface area contributed by atoms with Gasteiger partial charge < -0.3 is 49.4 Å². The first kappa shape index (κ1) is 41.8. The Bertz CT molecular complexity index is 1620. The highest BCUT2D eigenvalue weighted by atomic mass is 16.5. The SMILES string of the molecule is Cc1cc(OCCCCOCCn2c(N3CCCN(C)CC3)nc3ccccc32)c(C)c(C)c1O.O=C(O)/C=C/C(=O)O.O=C(O)/C=C/C(=O)O. The number of aliphatic carboxylic acids is 4. The maximum Gasteiger partial charge on any atom is 0.328 e. The largest absolute Gasteiger partial charge is 0.507 e. The molecule has 4 rings (SSSR count). The summed E-state index contributed by atoms with van der Waals surface area (Å²) in [6, 6.07) is 10.3. The van der Waals surface area contributed by atoms with Gasteiger partial charge in [0.1, 0.15) is 11.5 Å². The zero-order chi connectivity index (χ0) is 37.9. The summed E-state index contributed by atoms with van der Waals surface area (Å²) in [5.74, 6) is -2.74. The molecule has 51 heavy (non-hydrogen) atoms. The Hall–Kier alpha value is -5.41. The molecule has 0 amide bonds. The van der Waals surface area contributed by atoms with E-state index >= 15 is 0 Å². The smallest absolute Gasteiger partial charge is 0.328 e. The number of hydrogen-bond donors (Lipinski definition) is 5. The number of aromatic nitrogens is 2. The Morgan fingerprint density at radius 2 is 1.37 bits per heavy atom. The van der Waals surface area contributed by atoms with Crippen molar-refractivity contribution in [3.05, 3.63) is 71.3 Å². The van der Waals surface area contributed by atoms with E-state index in [9.17, 15) is 24.3 Å². The van der Waals surface area contributed by atoms with Crippen molar-refractivity contribution in [2.45, 2.75) is 46.6 Å². The first-order valence-electron chi connectivity index (χ1n) is 16.4. The molecule has 0 saturated carbocycles. The average Bonchev–Trinajstić information content (AvgIpc) is 3.31. The lowest BCUT2D eigenvalue weighted by Crippen LogP contribution is -2.31. The fourth-order valence-corrected chi connectivity index (χ4v) is 4.98. The number of benzene rings is 2. The molecule has 1 aromatic heterocycles. The number of aryl methyl sites for hydroxylation is 1. The van der Waals surface area contributed by atoms with Gasteiger partial charge in [-0.1, -0.05) is 12.1 Å². The van der Waals surface area contributed by atoms with Crippen molar-refractivity contribution in [2.24, 2.45) is 0 Å². The van der Waals surface area contributed by atoms with Gasteiger partial charge in [-0.15, -0.1) is 0 Å². The van der Waals surface area contributed by atoms with Crippen molar-refractivity contribution >= 4 is 40.9 Å². The molecule has 3 aromatic rings. The highest BCUT2D eigenvalue weighted by Crippen LogP contribution is 2.32. The fourth-order valence-electron chi connectivity index (χ4n) is 4.98. The molecule has 0 aliphatic carbocycles. The van der Waals surface area contributed by atoms with E-state index in [-0.39, 0.29) is 0 Å². The lowest BCUT2D eigenvalue weighted by Gasteiger charge is -2.23. The Morgan fingerprint density at radius 3 is 1.98 bits per heavy atom. The van der Waals surface area contributed by atoms with Crippen LogP contribution in [0.2, 0.25) is 0 Å². The number of likely N-dealkylation sites (N-methyl/N-ethyl adjacent to an activating group) is 1. The van der Waals surface area contributed by atoms with Crippen LogP contribution in [-0.2, 0) is 30.5 Å². The average molecular weight is 713 g/mol. The van der Waals surface area contributed by atoms with Crippen LogP contribution in [0.3, 0.4) is 0 Å². The molecule has 0 spiro atoms. The van der Waals surface area contributed by atoms with Crippen LogP contribution in [0, 0.1) is 20.8 Å². The number of imidazole rings is 1. The molecule has 0 radical (unpaired) electrons. The Balaban J connectivity index is 0.000000468. The van der Waals surface area contributed by atoms with Crippen LogP contribution >= 0.6 is 0 Å². The molecular formula is C36H48N4O11. The Labute approximate surface area is 296 Å². The van der Waals surface area contributed by atoms with Gasteiger partial charge in [0.15, 0.2) is 0 Å². The highest BCUT2D eigenvalue weighted by molar-refractivity contribution is 5.90. The lowest BCUT2D eigenvalue weighted by molar-refractivity contribution is -0.134. The number of hydrogen-bond acceptors (Lipinski definition) is 10. The van der Waals surface area contributed by atoms with Gasteiger partial charge >= 0.3 is 23.9 Å². The molecule has 1 saturated heterocycles. The van der Waals surface area contributed by atoms with Gasteiger partial charge in [-0.05, 0) is 88.5 Å². The van der Waals surface area contributed by atoms with Gasteiger partial charge in [0.2, 0.25) is 5.95 Å². The number of anilines is 1. The maximum absolute atomic E-state index is 10.1. The zero-order valence-electron chi connectivity index (χ0n) is 29.4. The number of phenols is 1. The van der Waals surface area contributed by atoms with Crippen LogP contribution in [0.15, 0.2) is 54.6 Å². The van der Waals surface area contributed by atoms with Crippen LogP contribution in [0.1, 0.15) is 36.0 Å². The van der Waals surface area contributed by atoms with Crippen molar-refractivity contribution < 1.29 is 54.2 Å². The second-order valence-corrected chi connectivity index (χ2v) is 11.7. The van der Waals surface area contributed by atoms with E-state index in [1.165, 1.54) is 5.52 Å². The monoisotopic (exact) mass is 712 g/mol. The van der Waals surface area contributed by atoms with Crippen LogP contribution in [-0.4, -0.2) is 117 Å². The van der Waals surface area contributed by atoms with E-state index < -0.39 is 23.9 Å². The van der Waals surface area contributed by atoms with E-state index in [1.54, 1.807) is 0 Å². The summed E-state index contributed by atoms with van der Waals surface area (Å²) in [6.07, 6.45) is 5.26. The second kappa shape index (κ2) is 21.6. The Morgan fingerprint density at radius 1 is 0.784 bits per heavy atom. The standard InChI is InChI=1S/C28H40N4O3.2C4H4O4/c1-21-20-26(22(2)23(3)27(21)33)35-18-8-7-17-34-19-16-32-25-11-6-5-10-24(25)29-28(32)31-13-9-12-30(4)14-15-31;2*5-3(6)1-2-4(7)8/h5-6,10-11,20,33H,7-9,12-19H2,1-4H3;2*1-2H,(H,5,6)(H,7,8)/b;2*2-1+. The van der Waals surface area contributed by atoms with Crippen molar-refractivity contribution in [1.29, 1.82) is 0 Å². The maximum atomic E-state index is 10.1. The molecule has 0 bridgehead atoms. The molecule has 15 nitrogen and oxygen atoms in total. The predicted octanol–water partition coefficient (Wildman–Crippen LogP) is 4.11. The quantitative estimate of drug-likeness (QED) is 0.118. The molecule has 5 N–H and O–H groups in total. The summed E-state index contributed by atoms with van der Waals surface area (Å²) in [4.78, 5) is 48.0. The van der Waals surface area contributed by atoms with Crippen molar-refractivity contribution in [3.63, 3.8) is 0 Å². The summed E-state index contributed by atoms with van der Waals surface area (Å²) in [5, 5.41) is 41.3. The third kappa shape index (κ3) is 14.9. The van der Waals surface area contributed by atoms with Crippen LogP contribution in [0.5, 0.6) is 11.5 Å². The number of para-hydroxylation sites is 2. The van der Waals surface area contributed by atoms with Gasteiger partial charge in [-0.25, -0.2) is 24.2 Å². The van der Waals surface area contributed by atoms with E-state index in [2.05, 4.69) is 45.7 Å². The molecule has 1 fully saturated rings. The molecule has 0 unspecified atom stereocenters. The molecule has 2 aromatic carbocycles. The van der Waals surface area contributed by atoms with Gasteiger partial charge in [0, 0.05) is 57.1 Å². The van der Waals surface area contributed by atoms with Gasteiger partial charge in [-0.3, -0.25) is 0 Å². The number of aromatic hydroxyl groups is 1. The molecule has 0 atom stereocenters. The Kier molecular flexibility index (Phi) is 17.7. The number of ether oxygens (including phenoxy) is 2. The third-order valence-corrected chi connectivity index (χ3v) is 7.78. The minimum absolute atomic E-state index is 0.361. The molecule has 2 heterocycles. The van der Waals surface area contributed by atoms with E-state index in [4.69, 9.17) is 34.9 Å². The number of phenolic OH excluding ortho intramolecular Hbond substituents is 1. The molecule has 15 heteroatoms. The molecule has 278 valence electrons. The minimum Gasteiger partial charge on any atom is -0.507 e. The summed E-state index contributed by atoms with van der Waals surface area (Å²) >= 11 is 0. The minimum atomic E-state index is -1.26. The molecule has 1 aliphatic rings. The fraction of sp³-hybridized carbons (Fsp3) is 0.417. The summed E-state index contributed by atoms with van der Waals surface area (Å²) in [6.45, 7) is 12.9. The van der Waals surface area contributed by atoms with Gasteiger partial charge in [-0.2, -0.15) is 0 Å². The van der Waals surface area contributed by atoms with Crippen molar-refractivity contribution in [2.75, 3.05) is 57.9 Å². The number of nitrogens with zero attached hydrogens (tertiary/aromatic N) is 4. The van der Waals surface area contributed by atoms with Gasteiger partial charge in [0.05, 0.1) is 24.2 Å². The first-order valence-corrected chi connectivity index (χ1v) is 16.4. The summed E-state index contributed by atoms with van der Waals surface area (Å²) < 4.78 is 14.3. The topological polar surface area (TPSA) is 212 Å². The van der Waals surface area contributed by atoms with Crippen LogP contribution < -0.4 is 9.64 Å². The number of carboxylic acid groups (broad SMARTS) is 4. The van der Waals surface area contributed by atoms with E-state index in [0.29, 0.717) is 49.9 Å². The zero-order valence-corrected chi connectivity index (χ0v) is 29.4. The third-order valence-electron chi connectivity index (χ3n) is 7.78. The number of rotatable bonds is 14. The first-order chi connectivity index (χ1) is 24.2. The highest BCUT2D eigenvalue weighted by Gasteiger charge is 2.19. The normalized spacial score (nSPS) is 13.3. The number of fused-ring (bicyclic) bond motifs is 1. The van der Waals surface area contributed by atoms with E-state index in [0.717, 1.165) is 85.9 Å². The van der Waals surface area contributed by atoms with E-state index in [1.807, 2.05) is 26.8 Å². The number of carbonyl (C=O) groups is 4. The lowest BCUT2D eigenvalue weighted by atomic mass is 10.0. The summed E-state index contributed by atoms with van der Waals surface area (Å²) in [7, 11) is 2.19. The summed E-state index contributed by atoms with van der Waals surface area (Å²) in [5.41, 5.74) is 4.97. The van der Waals surface area contributed by atoms with Crippen LogP contribution in [0.4, 0.5) is 5.95 Å². The number of unbranched alkanes of at least 4 members (excludes halogenated alkanes) is 1. The number of carboxylic acids is 4. The predicted molar refractivity (Wildman–Crippen MR) is 191 cm³/mol.